The van der Waals surface area contributed by atoms with Crippen LogP contribution in [0.15, 0.2) is 35.3 Å². The molecule has 1 N–H and O–H groups in total. The van der Waals surface area contributed by atoms with Crippen molar-refractivity contribution in [1.29, 1.82) is 0 Å². The van der Waals surface area contributed by atoms with Gasteiger partial charge in [-0.25, -0.2) is 0 Å². The van der Waals surface area contributed by atoms with Crippen LogP contribution in [0.2, 0.25) is 0 Å². The highest BCUT2D eigenvalue weighted by atomic mass is 32.1. The van der Waals surface area contributed by atoms with Crippen molar-refractivity contribution in [2.45, 2.75) is 6.92 Å². The first-order valence-corrected chi connectivity index (χ1v) is 7.08. The van der Waals surface area contributed by atoms with Crippen molar-refractivity contribution in [2.75, 3.05) is 5.32 Å². The molecule has 0 spiro atoms. The lowest BCUT2D eigenvalue weighted by atomic mass is 10.1. The lowest BCUT2D eigenvalue weighted by Crippen LogP contribution is -2.21. The van der Waals surface area contributed by atoms with Crippen LogP contribution in [-0.4, -0.2) is 20.7 Å². The smallest absolute Gasteiger partial charge is 0.259 e. The van der Waals surface area contributed by atoms with Gasteiger partial charge in [0.15, 0.2) is 0 Å². The quantitative estimate of drug-likeness (QED) is 0.784. The van der Waals surface area contributed by atoms with E-state index < -0.39 is 0 Å². The summed E-state index contributed by atoms with van der Waals surface area (Å²) in [5, 5.41) is 12.8. The Bertz CT molecular complexity index is 897. The average Bonchev–Trinajstić information content (AvgIpc) is 2.88. The molecule has 0 saturated heterocycles. The molecule has 0 aliphatic rings. The van der Waals surface area contributed by atoms with Gasteiger partial charge >= 0.3 is 0 Å². The van der Waals surface area contributed by atoms with Gasteiger partial charge in [0.25, 0.3) is 11.5 Å². The van der Waals surface area contributed by atoms with E-state index in [1.54, 1.807) is 31.3 Å². The summed E-state index contributed by atoms with van der Waals surface area (Å²) in [5.41, 5.74) is 0.300. The molecule has 0 aliphatic heterocycles. The summed E-state index contributed by atoms with van der Waals surface area (Å²) in [6.45, 7) is 1.81. The molecule has 2 aromatic heterocycles. The number of hydrogen-bond acceptors (Lipinski definition) is 5. The van der Waals surface area contributed by atoms with Gasteiger partial charge in [-0.15, -0.1) is 10.2 Å². The third kappa shape index (κ3) is 2.43. The van der Waals surface area contributed by atoms with Gasteiger partial charge in [-0.1, -0.05) is 29.5 Å². The number of amides is 1. The number of hydrogen-bond donors (Lipinski definition) is 1. The Morgan fingerprint density at radius 2 is 1.95 bits per heavy atom. The minimum Gasteiger partial charge on any atom is -0.317 e. The van der Waals surface area contributed by atoms with Crippen molar-refractivity contribution in [3.8, 4) is 0 Å². The second-order valence-electron chi connectivity index (χ2n) is 4.58. The van der Waals surface area contributed by atoms with E-state index in [-0.39, 0.29) is 11.5 Å². The largest absolute Gasteiger partial charge is 0.317 e. The number of pyridine rings is 1. The Labute approximate surface area is 124 Å². The molecule has 2 heterocycles. The van der Waals surface area contributed by atoms with Crippen LogP contribution in [0.4, 0.5) is 5.13 Å². The molecule has 0 aliphatic carbocycles. The molecule has 0 unspecified atom stereocenters. The molecule has 0 saturated carbocycles. The summed E-state index contributed by atoms with van der Waals surface area (Å²) in [5.74, 6) is -0.307. The SMILES string of the molecule is Cc1nnc(NC(=O)c2cn(C)c(=O)c3ccccc23)s1. The number of carbonyl (C=O) groups is 1. The van der Waals surface area contributed by atoms with E-state index >= 15 is 0 Å². The molecule has 0 radical (unpaired) electrons. The van der Waals surface area contributed by atoms with Gasteiger partial charge < -0.3 is 4.57 Å². The van der Waals surface area contributed by atoms with Gasteiger partial charge in [0.2, 0.25) is 5.13 Å². The topological polar surface area (TPSA) is 76.9 Å². The number of aryl methyl sites for hydroxylation is 2. The van der Waals surface area contributed by atoms with E-state index in [2.05, 4.69) is 15.5 Å². The second kappa shape index (κ2) is 5.10. The summed E-state index contributed by atoms with van der Waals surface area (Å²) in [4.78, 5) is 24.5. The van der Waals surface area contributed by atoms with Crippen LogP contribution in [0.3, 0.4) is 0 Å². The average molecular weight is 300 g/mol. The Kier molecular flexibility index (Phi) is 3.26. The van der Waals surface area contributed by atoms with E-state index in [9.17, 15) is 9.59 Å². The molecule has 3 rings (SSSR count). The van der Waals surface area contributed by atoms with Crippen LogP contribution in [0.1, 0.15) is 15.4 Å². The van der Waals surface area contributed by atoms with Crippen molar-refractivity contribution in [3.05, 3.63) is 51.4 Å². The minimum absolute atomic E-state index is 0.131. The highest BCUT2D eigenvalue weighted by Crippen LogP contribution is 2.19. The lowest BCUT2D eigenvalue weighted by Gasteiger charge is -2.08. The van der Waals surface area contributed by atoms with E-state index in [0.717, 1.165) is 5.01 Å². The third-order valence-electron chi connectivity index (χ3n) is 3.08. The predicted octanol–water partition coefficient (Wildman–Crippen LogP) is 1.95. The fourth-order valence-corrected chi connectivity index (χ4v) is 2.70. The summed E-state index contributed by atoms with van der Waals surface area (Å²) < 4.78 is 1.41. The van der Waals surface area contributed by atoms with Gasteiger partial charge in [-0.3, -0.25) is 14.9 Å². The van der Waals surface area contributed by atoms with Crippen molar-refractivity contribution in [2.24, 2.45) is 7.05 Å². The van der Waals surface area contributed by atoms with Crippen LogP contribution in [0.5, 0.6) is 0 Å². The van der Waals surface area contributed by atoms with E-state index in [1.165, 1.54) is 22.1 Å². The van der Waals surface area contributed by atoms with Crippen LogP contribution < -0.4 is 10.9 Å². The molecule has 7 heteroatoms. The number of nitrogens with one attached hydrogen (secondary N) is 1. The highest BCUT2D eigenvalue weighted by molar-refractivity contribution is 7.15. The summed E-state index contributed by atoms with van der Waals surface area (Å²) in [7, 11) is 1.63. The second-order valence-corrected chi connectivity index (χ2v) is 5.77. The monoisotopic (exact) mass is 300 g/mol. The molecule has 106 valence electrons. The molecule has 21 heavy (non-hydrogen) atoms. The molecular formula is C14H12N4O2S. The first-order valence-electron chi connectivity index (χ1n) is 6.26. The number of nitrogens with zero attached hydrogens (tertiary/aromatic N) is 3. The maximum absolute atomic E-state index is 12.4. The van der Waals surface area contributed by atoms with E-state index in [4.69, 9.17) is 0 Å². The molecule has 6 nitrogen and oxygen atoms in total. The number of benzene rings is 1. The lowest BCUT2D eigenvalue weighted by molar-refractivity contribution is 0.102. The van der Waals surface area contributed by atoms with Crippen LogP contribution in [0, 0.1) is 6.92 Å². The van der Waals surface area contributed by atoms with E-state index in [0.29, 0.717) is 21.5 Å². The first kappa shape index (κ1) is 13.4. The molecular weight excluding hydrogens is 288 g/mol. The normalized spacial score (nSPS) is 10.8. The number of rotatable bonds is 2. The Morgan fingerprint density at radius 1 is 1.24 bits per heavy atom. The van der Waals surface area contributed by atoms with Crippen molar-refractivity contribution < 1.29 is 4.79 Å². The molecule has 1 amide bonds. The van der Waals surface area contributed by atoms with E-state index in [1.807, 2.05) is 6.92 Å². The van der Waals surface area contributed by atoms with Crippen LogP contribution in [0.25, 0.3) is 10.8 Å². The zero-order valence-electron chi connectivity index (χ0n) is 11.5. The molecule has 0 atom stereocenters. The Morgan fingerprint density at radius 3 is 2.62 bits per heavy atom. The van der Waals surface area contributed by atoms with Gasteiger partial charge in [0.1, 0.15) is 5.01 Å². The van der Waals surface area contributed by atoms with Crippen LogP contribution in [-0.2, 0) is 7.05 Å². The van der Waals surface area contributed by atoms with Gasteiger partial charge in [-0.05, 0) is 13.0 Å². The highest BCUT2D eigenvalue weighted by Gasteiger charge is 2.15. The van der Waals surface area contributed by atoms with Gasteiger partial charge in [-0.2, -0.15) is 0 Å². The van der Waals surface area contributed by atoms with Crippen molar-refractivity contribution >= 4 is 33.1 Å². The predicted molar refractivity (Wildman–Crippen MR) is 81.8 cm³/mol. The maximum atomic E-state index is 12.4. The molecule has 0 fully saturated rings. The zero-order valence-corrected chi connectivity index (χ0v) is 12.3. The summed E-state index contributed by atoms with van der Waals surface area (Å²) >= 11 is 1.30. The fourth-order valence-electron chi connectivity index (χ4n) is 2.11. The van der Waals surface area contributed by atoms with Crippen molar-refractivity contribution in [3.63, 3.8) is 0 Å². The summed E-state index contributed by atoms with van der Waals surface area (Å²) in [6, 6.07) is 7.05. The standard InChI is InChI=1S/C14H12N4O2S/c1-8-16-17-14(21-8)15-12(19)11-7-18(2)13(20)10-6-4-3-5-9(10)11/h3-7H,1-2H3,(H,15,17,19). The van der Waals surface area contributed by atoms with Gasteiger partial charge in [0.05, 0.1) is 5.56 Å². The summed E-state index contributed by atoms with van der Waals surface area (Å²) in [6.07, 6.45) is 1.54. The van der Waals surface area contributed by atoms with Gasteiger partial charge in [0, 0.05) is 24.0 Å². The number of aromatic nitrogens is 3. The molecule has 3 aromatic rings. The molecule has 1 aromatic carbocycles. The maximum Gasteiger partial charge on any atom is 0.259 e. The molecule has 0 bridgehead atoms. The van der Waals surface area contributed by atoms with Crippen molar-refractivity contribution in [1.82, 2.24) is 14.8 Å². The first-order chi connectivity index (χ1) is 10.1. The Balaban J connectivity index is 2.09. The number of carbonyl (C=O) groups excluding carboxylic acids is 1. The number of anilines is 1. The zero-order chi connectivity index (χ0) is 15.0. The van der Waals surface area contributed by atoms with Crippen LogP contribution >= 0.6 is 11.3 Å². The third-order valence-corrected chi connectivity index (χ3v) is 3.84. The number of fused-ring (bicyclic) bond motifs is 1. The fraction of sp³-hybridized carbons (Fsp3) is 0.143. The minimum atomic E-state index is -0.307. The Hall–Kier alpha value is -2.54.